The average Bonchev–Trinajstić information content (AvgIpc) is 3.03. The topological polar surface area (TPSA) is 70.4 Å². The summed E-state index contributed by atoms with van der Waals surface area (Å²) in [6, 6.07) is 1.30. The molecule has 2 aliphatic rings. The first-order valence-electron chi connectivity index (χ1n) is 10.4. The summed E-state index contributed by atoms with van der Waals surface area (Å²) in [5.74, 6) is 2.62. The Morgan fingerprint density at radius 1 is 1.18 bits per heavy atom. The molecule has 1 aliphatic heterocycles. The molecule has 0 spiro atoms. The lowest BCUT2D eigenvalue weighted by Gasteiger charge is -2.39. The van der Waals surface area contributed by atoms with Gasteiger partial charge >= 0.3 is 0 Å². The molecule has 28 heavy (non-hydrogen) atoms. The van der Waals surface area contributed by atoms with Crippen molar-refractivity contribution in [2.24, 2.45) is 12.0 Å². The third-order valence-electron chi connectivity index (χ3n) is 5.94. The van der Waals surface area contributed by atoms with Gasteiger partial charge in [0.2, 0.25) is 0 Å². The van der Waals surface area contributed by atoms with Crippen molar-refractivity contribution in [3.8, 4) is 0 Å². The van der Waals surface area contributed by atoms with Crippen LogP contribution < -0.4 is 10.6 Å². The maximum absolute atomic E-state index is 4.72. The molecule has 1 aliphatic carbocycles. The van der Waals surface area contributed by atoms with Crippen molar-refractivity contribution in [3.63, 3.8) is 0 Å². The molecule has 0 aromatic carbocycles. The van der Waals surface area contributed by atoms with E-state index in [1.165, 1.54) is 58.0 Å². The monoisotopic (exact) mass is 501 g/mol. The number of piperidine rings is 1. The molecular weight excluding hydrogens is 465 g/mol. The van der Waals surface area contributed by atoms with Crippen LogP contribution in [0.25, 0.3) is 0 Å². The summed E-state index contributed by atoms with van der Waals surface area (Å²) in [6.45, 7) is 9.36. The largest absolute Gasteiger partial charge is 0.354 e. The van der Waals surface area contributed by atoms with Crippen molar-refractivity contribution in [1.29, 1.82) is 0 Å². The number of aromatic nitrogens is 3. The Balaban J connectivity index is 0.00000280. The SMILES string of the molecule is C=CCNC(=NCc1nnc(C)n1C)NC1CCN(C2CCCCC2)CC1.I. The first kappa shape index (κ1) is 23.1. The normalized spacial score (nSPS) is 19.9. The molecule has 2 heterocycles. The molecule has 2 N–H and O–H groups in total. The lowest BCUT2D eigenvalue weighted by atomic mass is 9.92. The molecule has 0 atom stereocenters. The molecule has 158 valence electrons. The molecule has 8 heteroatoms. The van der Waals surface area contributed by atoms with Crippen LogP contribution >= 0.6 is 24.0 Å². The van der Waals surface area contributed by atoms with Crippen molar-refractivity contribution < 1.29 is 0 Å². The summed E-state index contributed by atoms with van der Waals surface area (Å²) in [7, 11) is 1.98. The average molecular weight is 501 g/mol. The van der Waals surface area contributed by atoms with Crippen LogP contribution in [-0.2, 0) is 13.6 Å². The van der Waals surface area contributed by atoms with Crippen LogP contribution in [0.15, 0.2) is 17.6 Å². The zero-order chi connectivity index (χ0) is 19.1. The zero-order valence-electron chi connectivity index (χ0n) is 17.4. The standard InChI is InChI=1S/C20H35N7.HI/c1-4-12-21-20(22-15-19-25-24-16(2)26(19)3)23-17-10-13-27(14-11-17)18-8-6-5-7-9-18;/h4,17-18H,1,5-15H2,2-3H3,(H2,21,22,23);1H. The summed E-state index contributed by atoms with van der Waals surface area (Å²) >= 11 is 0. The minimum absolute atomic E-state index is 0. The number of aryl methyl sites for hydroxylation is 1. The van der Waals surface area contributed by atoms with Gasteiger partial charge in [0.1, 0.15) is 12.4 Å². The van der Waals surface area contributed by atoms with Gasteiger partial charge in [0.25, 0.3) is 0 Å². The molecule has 0 radical (unpaired) electrons. The molecule has 2 fully saturated rings. The Morgan fingerprint density at radius 2 is 1.89 bits per heavy atom. The number of hydrogen-bond acceptors (Lipinski definition) is 4. The van der Waals surface area contributed by atoms with Gasteiger partial charge in [-0.3, -0.25) is 0 Å². The maximum atomic E-state index is 4.72. The van der Waals surface area contributed by atoms with E-state index in [2.05, 4.69) is 32.3 Å². The number of nitrogens with zero attached hydrogens (tertiary/aromatic N) is 5. The number of halogens is 1. The van der Waals surface area contributed by atoms with E-state index in [9.17, 15) is 0 Å². The van der Waals surface area contributed by atoms with Gasteiger partial charge in [-0.1, -0.05) is 25.3 Å². The van der Waals surface area contributed by atoms with Crippen molar-refractivity contribution in [2.75, 3.05) is 19.6 Å². The van der Waals surface area contributed by atoms with Gasteiger partial charge in [0, 0.05) is 38.8 Å². The van der Waals surface area contributed by atoms with Crippen LogP contribution in [0.4, 0.5) is 0 Å². The van der Waals surface area contributed by atoms with Crippen molar-refractivity contribution in [1.82, 2.24) is 30.3 Å². The minimum atomic E-state index is 0. The third kappa shape index (κ3) is 6.43. The maximum Gasteiger partial charge on any atom is 0.192 e. The highest BCUT2D eigenvalue weighted by Gasteiger charge is 2.26. The van der Waals surface area contributed by atoms with Crippen molar-refractivity contribution >= 4 is 29.9 Å². The van der Waals surface area contributed by atoms with E-state index in [0.717, 1.165) is 23.7 Å². The Hall–Kier alpha value is -1.16. The zero-order valence-corrected chi connectivity index (χ0v) is 19.7. The van der Waals surface area contributed by atoms with Crippen molar-refractivity contribution in [2.45, 2.75) is 70.5 Å². The van der Waals surface area contributed by atoms with E-state index in [1.807, 2.05) is 24.6 Å². The number of guanidine groups is 1. The Bertz CT molecular complexity index is 628. The van der Waals surface area contributed by atoms with Gasteiger partial charge in [0.05, 0.1) is 0 Å². The van der Waals surface area contributed by atoms with Crippen LogP contribution in [0.5, 0.6) is 0 Å². The Kier molecular flexibility index (Phi) is 9.70. The summed E-state index contributed by atoms with van der Waals surface area (Å²) in [4.78, 5) is 7.43. The van der Waals surface area contributed by atoms with Crippen molar-refractivity contribution in [3.05, 3.63) is 24.3 Å². The number of aliphatic imine (C=N–C) groups is 1. The second-order valence-corrected chi connectivity index (χ2v) is 7.80. The van der Waals surface area contributed by atoms with E-state index < -0.39 is 0 Å². The molecule has 1 saturated carbocycles. The number of rotatable bonds is 6. The lowest BCUT2D eigenvalue weighted by molar-refractivity contribution is 0.119. The van der Waals surface area contributed by atoms with Crippen LogP contribution in [0.1, 0.15) is 56.6 Å². The molecule has 0 unspecified atom stereocenters. The van der Waals surface area contributed by atoms with Gasteiger partial charge in [-0.05, 0) is 32.6 Å². The first-order chi connectivity index (χ1) is 13.2. The van der Waals surface area contributed by atoms with Gasteiger partial charge in [0.15, 0.2) is 11.8 Å². The minimum Gasteiger partial charge on any atom is -0.354 e. The molecule has 7 nitrogen and oxygen atoms in total. The van der Waals surface area contributed by atoms with Crippen LogP contribution in [0, 0.1) is 6.92 Å². The molecule has 1 aromatic heterocycles. The second-order valence-electron chi connectivity index (χ2n) is 7.80. The fraction of sp³-hybridized carbons (Fsp3) is 0.750. The van der Waals surface area contributed by atoms with Gasteiger partial charge in [-0.15, -0.1) is 40.8 Å². The summed E-state index contributed by atoms with van der Waals surface area (Å²) in [5.41, 5.74) is 0. The molecule has 1 aromatic rings. The van der Waals surface area contributed by atoms with E-state index in [1.54, 1.807) is 0 Å². The van der Waals surface area contributed by atoms with Crippen LogP contribution in [0.2, 0.25) is 0 Å². The van der Waals surface area contributed by atoms with E-state index in [4.69, 9.17) is 4.99 Å². The summed E-state index contributed by atoms with van der Waals surface area (Å²) in [5, 5.41) is 15.3. The quantitative estimate of drug-likeness (QED) is 0.272. The highest BCUT2D eigenvalue weighted by atomic mass is 127. The molecule has 0 bridgehead atoms. The lowest BCUT2D eigenvalue weighted by Crippen LogP contribution is -2.51. The first-order valence-corrected chi connectivity index (χ1v) is 10.4. The molecular formula is C20H36IN7. The predicted molar refractivity (Wildman–Crippen MR) is 125 cm³/mol. The van der Waals surface area contributed by atoms with E-state index in [-0.39, 0.29) is 24.0 Å². The third-order valence-corrected chi connectivity index (χ3v) is 5.94. The molecule has 3 rings (SSSR count). The number of likely N-dealkylation sites (tertiary alicyclic amines) is 1. The van der Waals surface area contributed by atoms with Gasteiger partial charge in [-0.2, -0.15) is 0 Å². The van der Waals surface area contributed by atoms with E-state index in [0.29, 0.717) is 19.1 Å². The second kappa shape index (κ2) is 11.7. The Labute approximate surface area is 186 Å². The van der Waals surface area contributed by atoms with Gasteiger partial charge < -0.3 is 20.1 Å². The predicted octanol–water partition coefficient (Wildman–Crippen LogP) is 2.76. The number of nitrogens with one attached hydrogen (secondary N) is 2. The van der Waals surface area contributed by atoms with E-state index >= 15 is 0 Å². The molecule has 0 amide bonds. The van der Waals surface area contributed by atoms with Crippen LogP contribution in [0.3, 0.4) is 0 Å². The summed E-state index contributed by atoms with van der Waals surface area (Å²) in [6.07, 6.45) is 11.2. The fourth-order valence-electron chi connectivity index (χ4n) is 4.11. The fourth-order valence-corrected chi connectivity index (χ4v) is 4.11. The summed E-state index contributed by atoms with van der Waals surface area (Å²) < 4.78 is 1.98. The Morgan fingerprint density at radius 3 is 2.50 bits per heavy atom. The van der Waals surface area contributed by atoms with Crippen LogP contribution in [-0.4, -0.2) is 57.3 Å². The highest BCUT2D eigenvalue weighted by Crippen LogP contribution is 2.25. The highest BCUT2D eigenvalue weighted by molar-refractivity contribution is 14.0. The smallest absolute Gasteiger partial charge is 0.192 e. The molecule has 1 saturated heterocycles. The van der Waals surface area contributed by atoms with Gasteiger partial charge in [-0.25, -0.2) is 4.99 Å². The number of hydrogen-bond donors (Lipinski definition) is 2.